The van der Waals surface area contributed by atoms with Crippen molar-refractivity contribution in [1.29, 1.82) is 0 Å². The second kappa shape index (κ2) is 6.19. The second-order valence-corrected chi connectivity index (χ2v) is 6.12. The summed E-state index contributed by atoms with van der Waals surface area (Å²) < 4.78 is 0.792. The van der Waals surface area contributed by atoms with Crippen LogP contribution in [0.25, 0.3) is 0 Å². The first-order chi connectivity index (χ1) is 8.36. The summed E-state index contributed by atoms with van der Waals surface area (Å²) in [6, 6.07) is 2.14. The zero-order valence-corrected chi connectivity index (χ0v) is 13.0. The van der Waals surface area contributed by atoms with Gasteiger partial charge in [-0.05, 0) is 22.4 Å². The van der Waals surface area contributed by atoms with Gasteiger partial charge in [-0.2, -0.15) is 0 Å². The average molecular weight is 310 g/mol. The molecule has 1 N–H and O–H groups in total. The molecule has 0 spiro atoms. The first-order valence-corrected chi connectivity index (χ1v) is 6.91. The van der Waals surface area contributed by atoms with E-state index in [2.05, 4.69) is 64.8 Å². The molecule has 1 unspecified atom stereocenters. The van der Waals surface area contributed by atoms with Gasteiger partial charge in [0, 0.05) is 23.9 Å². The van der Waals surface area contributed by atoms with Crippen molar-refractivity contribution in [3.05, 3.63) is 16.5 Å². The van der Waals surface area contributed by atoms with Crippen molar-refractivity contribution in [3.63, 3.8) is 0 Å². The lowest BCUT2D eigenvalue weighted by atomic mass is 9.96. The molecule has 0 fully saturated rings. The van der Waals surface area contributed by atoms with E-state index in [0.717, 1.165) is 22.7 Å². The van der Waals surface area contributed by atoms with E-state index >= 15 is 0 Å². The quantitative estimate of drug-likeness (QED) is 0.680. The molecule has 0 radical (unpaired) electrons. The largest absolute Gasteiger partial charge is 0.366 e. The van der Waals surface area contributed by atoms with E-state index in [4.69, 9.17) is 6.42 Å². The fraction of sp³-hybridized carbons (Fsp3) is 0.571. The SMILES string of the molecule is C#CCC(CC)Nc1cc(Br)nc(C(C)(C)C)n1. The minimum atomic E-state index is -0.0754. The highest BCUT2D eigenvalue weighted by atomic mass is 79.9. The molecule has 4 heteroatoms. The van der Waals surface area contributed by atoms with Gasteiger partial charge < -0.3 is 5.32 Å². The number of nitrogens with one attached hydrogen (secondary N) is 1. The predicted octanol–water partition coefficient (Wildman–Crippen LogP) is 3.75. The van der Waals surface area contributed by atoms with Gasteiger partial charge in [0.1, 0.15) is 16.2 Å². The van der Waals surface area contributed by atoms with E-state index in [-0.39, 0.29) is 11.5 Å². The third-order valence-electron chi connectivity index (χ3n) is 2.57. The first kappa shape index (κ1) is 15.0. The molecule has 1 rings (SSSR count). The van der Waals surface area contributed by atoms with Crippen LogP contribution in [0.5, 0.6) is 0 Å². The highest BCUT2D eigenvalue weighted by Gasteiger charge is 2.19. The molecule has 1 aromatic rings. The van der Waals surface area contributed by atoms with Crippen LogP contribution in [0, 0.1) is 12.3 Å². The molecule has 0 saturated heterocycles. The number of rotatable bonds is 4. The van der Waals surface area contributed by atoms with Gasteiger partial charge >= 0.3 is 0 Å². The fourth-order valence-corrected chi connectivity index (χ4v) is 1.86. The Morgan fingerprint density at radius 2 is 2.11 bits per heavy atom. The van der Waals surface area contributed by atoms with Crippen LogP contribution < -0.4 is 5.32 Å². The summed E-state index contributed by atoms with van der Waals surface area (Å²) >= 11 is 3.42. The van der Waals surface area contributed by atoms with Crippen LogP contribution in [-0.2, 0) is 5.41 Å². The van der Waals surface area contributed by atoms with E-state index in [0.29, 0.717) is 6.42 Å². The van der Waals surface area contributed by atoms with Gasteiger partial charge in [-0.15, -0.1) is 12.3 Å². The van der Waals surface area contributed by atoms with Crippen molar-refractivity contribution in [1.82, 2.24) is 9.97 Å². The van der Waals surface area contributed by atoms with Crippen LogP contribution >= 0.6 is 15.9 Å². The Hall–Kier alpha value is -1.08. The number of terminal acetylenes is 1. The summed E-state index contributed by atoms with van der Waals surface area (Å²) in [5, 5.41) is 3.36. The minimum absolute atomic E-state index is 0.0754. The summed E-state index contributed by atoms with van der Waals surface area (Å²) in [6.45, 7) is 8.39. The Morgan fingerprint density at radius 3 is 2.61 bits per heavy atom. The highest BCUT2D eigenvalue weighted by Crippen LogP contribution is 2.23. The smallest absolute Gasteiger partial charge is 0.137 e. The van der Waals surface area contributed by atoms with Crippen LogP contribution in [0.4, 0.5) is 5.82 Å². The van der Waals surface area contributed by atoms with Gasteiger partial charge in [0.2, 0.25) is 0 Å². The van der Waals surface area contributed by atoms with Gasteiger partial charge in [0.15, 0.2) is 0 Å². The molecule has 0 bridgehead atoms. The standard InChI is InChI=1S/C14H20BrN3/c1-6-8-10(7-2)16-12-9-11(15)17-13(18-12)14(3,4)5/h1,9-10H,7-8H2,2-5H3,(H,16,17,18). The lowest BCUT2D eigenvalue weighted by Gasteiger charge is -2.20. The lowest BCUT2D eigenvalue weighted by Crippen LogP contribution is -2.21. The molecular weight excluding hydrogens is 290 g/mol. The van der Waals surface area contributed by atoms with Crippen molar-refractivity contribution in [2.24, 2.45) is 0 Å². The van der Waals surface area contributed by atoms with Crippen LogP contribution in [-0.4, -0.2) is 16.0 Å². The Morgan fingerprint density at radius 1 is 1.44 bits per heavy atom. The van der Waals surface area contributed by atoms with Gasteiger partial charge in [-0.3, -0.25) is 0 Å². The van der Waals surface area contributed by atoms with Crippen molar-refractivity contribution < 1.29 is 0 Å². The second-order valence-electron chi connectivity index (χ2n) is 5.31. The molecule has 0 amide bonds. The first-order valence-electron chi connectivity index (χ1n) is 6.12. The number of hydrogen-bond acceptors (Lipinski definition) is 3. The number of halogens is 1. The number of anilines is 1. The van der Waals surface area contributed by atoms with E-state index in [1.165, 1.54) is 0 Å². The van der Waals surface area contributed by atoms with Crippen molar-refractivity contribution in [2.45, 2.75) is 52.0 Å². The third-order valence-corrected chi connectivity index (χ3v) is 2.98. The van der Waals surface area contributed by atoms with Gasteiger partial charge in [0.25, 0.3) is 0 Å². The number of aromatic nitrogens is 2. The molecule has 98 valence electrons. The highest BCUT2D eigenvalue weighted by molar-refractivity contribution is 9.10. The maximum atomic E-state index is 5.36. The minimum Gasteiger partial charge on any atom is -0.366 e. The molecule has 0 aliphatic heterocycles. The van der Waals surface area contributed by atoms with Crippen LogP contribution in [0.3, 0.4) is 0 Å². The normalized spacial score (nSPS) is 12.9. The third kappa shape index (κ3) is 4.30. The predicted molar refractivity (Wildman–Crippen MR) is 79.6 cm³/mol. The molecule has 3 nitrogen and oxygen atoms in total. The van der Waals surface area contributed by atoms with Crippen molar-refractivity contribution in [3.8, 4) is 12.3 Å². The molecule has 18 heavy (non-hydrogen) atoms. The molecule has 0 aliphatic rings. The molecule has 0 aliphatic carbocycles. The Bertz CT molecular complexity index is 443. The lowest BCUT2D eigenvalue weighted by molar-refractivity contribution is 0.543. The maximum Gasteiger partial charge on any atom is 0.137 e. The van der Waals surface area contributed by atoms with Crippen molar-refractivity contribution >= 4 is 21.7 Å². The van der Waals surface area contributed by atoms with Gasteiger partial charge in [0.05, 0.1) is 0 Å². The summed E-state index contributed by atoms with van der Waals surface area (Å²) in [6.07, 6.45) is 7.02. The van der Waals surface area contributed by atoms with E-state index in [1.54, 1.807) is 0 Å². The summed E-state index contributed by atoms with van der Waals surface area (Å²) in [4.78, 5) is 8.96. The molecule has 0 aromatic carbocycles. The van der Waals surface area contributed by atoms with E-state index < -0.39 is 0 Å². The maximum absolute atomic E-state index is 5.36. The molecular formula is C14H20BrN3. The molecule has 0 saturated carbocycles. The van der Waals surface area contributed by atoms with Gasteiger partial charge in [-0.1, -0.05) is 27.7 Å². The fourth-order valence-electron chi connectivity index (χ4n) is 1.48. The van der Waals surface area contributed by atoms with E-state index in [1.807, 2.05) is 6.07 Å². The molecule has 1 atom stereocenters. The van der Waals surface area contributed by atoms with Gasteiger partial charge in [-0.25, -0.2) is 9.97 Å². The van der Waals surface area contributed by atoms with Crippen LogP contribution in [0.2, 0.25) is 0 Å². The zero-order valence-electron chi connectivity index (χ0n) is 11.4. The van der Waals surface area contributed by atoms with E-state index in [9.17, 15) is 0 Å². The molecule has 1 heterocycles. The average Bonchev–Trinajstić information content (AvgIpc) is 2.26. The summed E-state index contributed by atoms with van der Waals surface area (Å²) in [7, 11) is 0. The van der Waals surface area contributed by atoms with Crippen LogP contribution in [0.15, 0.2) is 10.7 Å². The number of nitrogens with zero attached hydrogens (tertiary/aromatic N) is 2. The van der Waals surface area contributed by atoms with Crippen LogP contribution in [0.1, 0.15) is 46.4 Å². The number of hydrogen-bond donors (Lipinski definition) is 1. The van der Waals surface area contributed by atoms with Crippen molar-refractivity contribution in [2.75, 3.05) is 5.32 Å². The Balaban J connectivity index is 2.97. The topological polar surface area (TPSA) is 37.8 Å². The summed E-state index contributed by atoms with van der Waals surface area (Å²) in [5.41, 5.74) is -0.0754. The Kier molecular flexibility index (Phi) is 5.15. The molecule has 1 aromatic heterocycles. The monoisotopic (exact) mass is 309 g/mol. The zero-order chi connectivity index (χ0) is 13.8. The Labute approximate surface area is 118 Å². The summed E-state index contributed by atoms with van der Waals surface area (Å²) in [5.74, 6) is 4.32.